The smallest absolute Gasteiger partial charge is 0.345 e. The van der Waals surface area contributed by atoms with E-state index < -0.39 is 0 Å². The summed E-state index contributed by atoms with van der Waals surface area (Å²) in [5.41, 5.74) is 5.01. The number of fused-ring (bicyclic) bond motifs is 1. The summed E-state index contributed by atoms with van der Waals surface area (Å²) in [6, 6.07) is 16.3. The molecule has 0 saturated carbocycles. The third-order valence-corrected chi connectivity index (χ3v) is 8.23. The van der Waals surface area contributed by atoms with Gasteiger partial charge < -0.3 is 10.1 Å². The number of anilines is 1. The first-order valence-electron chi connectivity index (χ1n) is 9.24. The van der Waals surface area contributed by atoms with Crippen LogP contribution in [-0.2, 0) is 9.53 Å². The molecule has 0 spiro atoms. The molecule has 0 radical (unpaired) electrons. The Hall–Kier alpha value is -2.02. The third-order valence-electron chi connectivity index (χ3n) is 4.89. The fourth-order valence-electron chi connectivity index (χ4n) is 3.42. The number of hydrogen-bond acceptors (Lipinski definition) is 6. The van der Waals surface area contributed by atoms with Crippen molar-refractivity contribution in [1.29, 1.82) is 0 Å². The Kier molecular flexibility index (Phi) is 5.36. The minimum Gasteiger partial charge on any atom is -0.465 e. The third kappa shape index (κ3) is 3.65. The Morgan fingerprint density at radius 3 is 2.52 bits per heavy atom. The van der Waals surface area contributed by atoms with Crippen LogP contribution in [0.3, 0.4) is 0 Å². The largest absolute Gasteiger partial charge is 0.465 e. The van der Waals surface area contributed by atoms with Crippen LogP contribution in [0, 0.1) is 6.92 Å². The van der Waals surface area contributed by atoms with E-state index in [0.29, 0.717) is 4.91 Å². The van der Waals surface area contributed by atoms with Gasteiger partial charge in [-0.2, -0.15) is 0 Å². The van der Waals surface area contributed by atoms with E-state index in [2.05, 4.69) is 44.3 Å². The average Bonchev–Trinajstić information content (AvgIpc) is 3.14. The molecule has 0 fully saturated rings. The fraction of sp³-hybridized carbons (Fsp3) is 0.217. The molecule has 2 aromatic rings. The molecule has 6 heteroatoms. The monoisotopic (exact) mass is 439 g/mol. The molecular formula is C23H21NO2S3. The number of aryl methyl sites for hydroxylation is 1. The number of ether oxygens (including phenoxy) is 1. The molecule has 2 aliphatic heterocycles. The van der Waals surface area contributed by atoms with E-state index in [1.807, 2.05) is 30.3 Å². The van der Waals surface area contributed by atoms with Crippen molar-refractivity contribution in [2.45, 2.75) is 26.3 Å². The standard InChI is InChI=1S/C23H21NO2S3/c1-13-10-11-15-16(12-13)24-23(2,3)20(27)17(15)22-28-18(14-8-6-5-7-9-14)19(29-22)21(25)26-4/h5-12,24H,1-4H3. The van der Waals surface area contributed by atoms with Gasteiger partial charge in [-0.3, -0.25) is 0 Å². The summed E-state index contributed by atoms with van der Waals surface area (Å²) < 4.78 is 6.10. The Morgan fingerprint density at radius 2 is 1.83 bits per heavy atom. The van der Waals surface area contributed by atoms with E-state index >= 15 is 0 Å². The molecule has 0 saturated heterocycles. The van der Waals surface area contributed by atoms with Crippen LogP contribution in [0.25, 0.3) is 10.5 Å². The van der Waals surface area contributed by atoms with Crippen molar-refractivity contribution in [1.82, 2.24) is 0 Å². The Balaban J connectivity index is 1.88. The number of methoxy groups -OCH3 is 1. The van der Waals surface area contributed by atoms with E-state index in [9.17, 15) is 4.79 Å². The predicted octanol–water partition coefficient (Wildman–Crippen LogP) is 6.26. The molecule has 1 N–H and O–H groups in total. The average molecular weight is 440 g/mol. The number of hydrogen-bond donors (Lipinski definition) is 1. The van der Waals surface area contributed by atoms with Crippen LogP contribution in [0.4, 0.5) is 5.69 Å². The molecule has 29 heavy (non-hydrogen) atoms. The van der Waals surface area contributed by atoms with Gasteiger partial charge >= 0.3 is 5.97 Å². The maximum Gasteiger partial charge on any atom is 0.345 e. The van der Waals surface area contributed by atoms with Gasteiger partial charge in [0.15, 0.2) is 0 Å². The molecule has 0 amide bonds. The molecule has 0 atom stereocenters. The first-order chi connectivity index (χ1) is 13.8. The van der Waals surface area contributed by atoms with Crippen molar-refractivity contribution >= 4 is 62.7 Å². The van der Waals surface area contributed by atoms with Gasteiger partial charge in [-0.1, -0.05) is 78.2 Å². The summed E-state index contributed by atoms with van der Waals surface area (Å²) in [5.74, 6) is -0.319. The minimum absolute atomic E-state index is 0.319. The van der Waals surface area contributed by atoms with Gasteiger partial charge in [-0.15, -0.1) is 0 Å². The fourth-order valence-corrected chi connectivity index (χ4v) is 6.53. The molecular weight excluding hydrogens is 418 g/mol. The summed E-state index contributed by atoms with van der Waals surface area (Å²) in [4.78, 5) is 14.9. The van der Waals surface area contributed by atoms with Crippen molar-refractivity contribution in [2.24, 2.45) is 0 Å². The lowest BCUT2D eigenvalue weighted by molar-refractivity contribution is -0.135. The van der Waals surface area contributed by atoms with Gasteiger partial charge in [-0.25, -0.2) is 4.79 Å². The number of carbonyl (C=O) groups excluding carboxylic acids is 1. The van der Waals surface area contributed by atoms with Crippen LogP contribution in [0.5, 0.6) is 0 Å². The second kappa shape index (κ2) is 7.67. The van der Waals surface area contributed by atoms with E-state index in [1.54, 1.807) is 11.8 Å². The minimum atomic E-state index is -0.361. The molecule has 3 nitrogen and oxygen atoms in total. The second-order valence-corrected chi connectivity index (χ2v) is 10.2. The van der Waals surface area contributed by atoms with Crippen molar-refractivity contribution < 1.29 is 9.53 Å². The van der Waals surface area contributed by atoms with Crippen LogP contribution in [0.1, 0.15) is 30.5 Å². The zero-order chi connectivity index (χ0) is 20.8. The number of esters is 1. The molecule has 148 valence electrons. The summed E-state index contributed by atoms with van der Waals surface area (Å²) in [6.45, 7) is 6.27. The number of nitrogens with one attached hydrogen (secondary N) is 1. The Labute approximate surface area is 185 Å². The zero-order valence-corrected chi connectivity index (χ0v) is 19.1. The maximum atomic E-state index is 12.5. The van der Waals surface area contributed by atoms with Crippen LogP contribution >= 0.6 is 35.7 Å². The molecule has 0 aromatic heterocycles. The Bertz CT molecular complexity index is 1080. The molecule has 2 heterocycles. The number of thiocarbonyl (C=S) groups is 1. The molecule has 0 aliphatic carbocycles. The summed E-state index contributed by atoms with van der Waals surface area (Å²) in [7, 11) is 1.42. The molecule has 2 aliphatic rings. The topological polar surface area (TPSA) is 38.3 Å². The first kappa shape index (κ1) is 20.3. The van der Waals surface area contributed by atoms with Crippen LogP contribution in [0.15, 0.2) is 57.7 Å². The molecule has 0 unspecified atom stereocenters. The Morgan fingerprint density at radius 1 is 1.10 bits per heavy atom. The number of rotatable bonds is 2. The highest BCUT2D eigenvalue weighted by Gasteiger charge is 2.38. The van der Waals surface area contributed by atoms with Gasteiger partial charge in [0.2, 0.25) is 0 Å². The summed E-state index contributed by atoms with van der Waals surface area (Å²) in [5, 5.41) is 3.57. The quantitative estimate of drug-likeness (QED) is 0.338. The lowest BCUT2D eigenvalue weighted by Crippen LogP contribution is -2.43. The zero-order valence-electron chi connectivity index (χ0n) is 16.7. The van der Waals surface area contributed by atoms with E-state index in [1.165, 1.54) is 24.4 Å². The normalized spacial score (nSPS) is 20.3. The number of carbonyl (C=O) groups is 1. The highest BCUT2D eigenvalue weighted by atomic mass is 32.2. The van der Waals surface area contributed by atoms with Crippen molar-refractivity contribution in [3.05, 3.63) is 74.4 Å². The first-order valence-corrected chi connectivity index (χ1v) is 11.3. The molecule has 0 bridgehead atoms. The van der Waals surface area contributed by atoms with Gasteiger partial charge in [0.1, 0.15) is 4.91 Å². The molecule has 2 aromatic carbocycles. The maximum absolute atomic E-state index is 12.5. The van der Waals surface area contributed by atoms with E-state index in [-0.39, 0.29) is 11.5 Å². The van der Waals surface area contributed by atoms with Crippen molar-refractivity contribution in [3.8, 4) is 0 Å². The second-order valence-electron chi connectivity index (χ2n) is 7.51. The lowest BCUT2D eigenvalue weighted by atomic mass is 9.85. The van der Waals surface area contributed by atoms with E-state index in [0.717, 1.165) is 36.4 Å². The predicted molar refractivity (Wildman–Crippen MR) is 129 cm³/mol. The molecule has 4 rings (SSSR count). The summed E-state index contributed by atoms with van der Waals surface area (Å²) in [6.07, 6.45) is 0. The van der Waals surface area contributed by atoms with Crippen molar-refractivity contribution in [2.75, 3.05) is 12.4 Å². The van der Waals surface area contributed by atoms with Gasteiger partial charge in [0.25, 0.3) is 0 Å². The van der Waals surface area contributed by atoms with Gasteiger partial charge in [-0.05, 0) is 38.0 Å². The lowest BCUT2D eigenvalue weighted by Gasteiger charge is -2.37. The van der Waals surface area contributed by atoms with Gasteiger partial charge in [0.05, 0.1) is 16.9 Å². The van der Waals surface area contributed by atoms with E-state index in [4.69, 9.17) is 17.0 Å². The highest BCUT2D eigenvalue weighted by Crippen LogP contribution is 2.57. The number of benzene rings is 2. The van der Waals surface area contributed by atoms with Crippen LogP contribution in [0.2, 0.25) is 0 Å². The van der Waals surface area contributed by atoms with Crippen LogP contribution < -0.4 is 5.32 Å². The van der Waals surface area contributed by atoms with Gasteiger partial charge in [0, 0.05) is 26.6 Å². The van der Waals surface area contributed by atoms with Crippen LogP contribution in [-0.4, -0.2) is 23.5 Å². The number of thioether (sulfide) groups is 2. The highest BCUT2D eigenvalue weighted by molar-refractivity contribution is 8.32. The SMILES string of the molecule is COC(=O)C1=C(c2ccccc2)SC(=C2C(=S)C(C)(C)Nc3cc(C)ccc32)S1. The van der Waals surface area contributed by atoms with Crippen molar-refractivity contribution in [3.63, 3.8) is 0 Å². The summed E-state index contributed by atoms with van der Waals surface area (Å²) >= 11 is 8.97.